The molecule has 0 fully saturated rings. The zero-order valence-electron chi connectivity index (χ0n) is 12.5. The van der Waals surface area contributed by atoms with E-state index >= 15 is 0 Å². The van der Waals surface area contributed by atoms with Gasteiger partial charge in [0, 0.05) is 16.3 Å². The van der Waals surface area contributed by atoms with Gasteiger partial charge in [-0.15, -0.1) is 0 Å². The first-order chi connectivity index (χ1) is 9.51. The van der Waals surface area contributed by atoms with Gasteiger partial charge in [0.05, 0.1) is 0 Å². The smallest absolute Gasteiger partial charge is 0.192 e. The molecular weight excluding hydrogens is 266 g/mol. The molecule has 1 heterocycles. The van der Waals surface area contributed by atoms with E-state index in [0.29, 0.717) is 6.54 Å². The highest BCUT2D eigenvalue weighted by molar-refractivity contribution is 7.99. The number of aromatic nitrogens is 2. The molecule has 0 radical (unpaired) electrons. The van der Waals surface area contributed by atoms with Crippen LogP contribution >= 0.6 is 11.8 Å². The summed E-state index contributed by atoms with van der Waals surface area (Å²) in [5.41, 5.74) is 11.5. The standard InChI is InChI=1S/C16H21N3S/c1-10-5-6-15(14(9-10)7-8-17)20-16-18-12(3)11(2)13(4)19-16/h5-6,9H,7-8,17H2,1-4H3. The van der Waals surface area contributed by atoms with E-state index in [1.54, 1.807) is 11.8 Å². The minimum absolute atomic E-state index is 0.657. The first-order valence-corrected chi connectivity index (χ1v) is 7.62. The Morgan fingerprint density at radius 2 is 1.70 bits per heavy atom. The van der Waals surface area contributed by atoms with Crippen molar-refractivity contribution in [2.45, 2.75) is 44.2 Å². The van der Waals surface area contributed by atoms with Crippen molar-refractivity contribution in [3.63, 3.8) is 0 Å². The van der Waals surface area contributed by atoms with E-state index in [0.717, 1.165) is 23.0 Å². The fourth-order valence-corrected chi connectivity index (χ4v) is 3.03. The maximum Gasteiger partial charge on any atom is 0.192 e. The molecule has 20 heavy (non-hydrogen) atoms. The number of nitrogens with two attached hydrogens (primary N) is 1. The van der Waals surface area contributed by atoms with Gasteiger partial charge < -0.3 is 5.73 Å². The summed E-state index contributed by atoms with van der Waals surface area (Å²) >= 11 is 1.62. The summed E-state index contributed by atoms with van der Waals surface area (Å²) in [5, 5.41) is 0.813. The Balaban J connectivity index is 2.34. The Hall–Kier alpha value is -1.39. The molecule has 0 amide bonds. The third-order valence-electron chi connectivity index (χ3n) is 3.44. The van der Waals surface area contributed by atoms with Crippen LogP contribution < -0.4 is 5.73 Å². The van der Waals surface area contributed by atoms with Crippen molar-refractivity contribution < 1.29 is 0 Å². The maximum atomic E-state index is 5.70. The van der Waals surface area contributed by atoms with Gasteiger partial charge in [0.15, 0.2) is 5.16 Å². The zero-order valence-corrected chi connectivity index (χ0v) is 13.3. The van der Waals surface area contributed by atoms with Crippen molar-refractivity contribution in [3.05, 3.63) is 46.3 Å². The van der Waals surface area contributed by atoms with E-state index in [-0.39, 0.29) is 0 Å². The number of nitrogens with zero attached hydrogens (tertiary/aromatic N) is 2. The second-order valence-electron chi connectivity index (χ2n) is 5.05. The van der Waals surface area contributed by atoms with E-state index < -0.39 is 0 Å². The first-order valence-electron chi connectivity index (χ1n) is 6.80. The van der Waals surface area contributed by atoms with Crippen molar-refractivity contribution in [3.8, 4) is 0 Å². The molecule has 2 N–H and O–H groups in total. The fraction of sp³-hybridized carbons (Fsp3) is 0.375. The third-order valence-corrected chi connectivity index (χ3v) is 4.43. The predicted molar refractivity (Wildman–Crippen MR) is 84.3 cm³/mol. The van der Waals surface area contributed by atoms with E-state index in [9.17, 15) is 0 Å². The molecule has 2 rings (SSSR count). The second kappa shape index (κ2) is 6.37. The number of aryl methyl sites for hydroxylation is 3. The minimum atomic E-state index is 0.657. The molecule has 0 aliphatic heterocycles. The molecule has 3 nitrogen and oxygen atoms in total. The van der Waals surface area contributed by atoms with Gasteiger partial charge in [-0.1, -0.05) is 17.7 Å². The molecular formula is C16H21N3S. The molecule has 0 bridgehead atoms. The first kappa shape index (κ1) is 15.0. The fourth-order valence-electron chi connectivity index (χ4n) is 2.04. The van der Waals surface area contributed by atoms with Crippen LogP contribution in [-0.2, 0) is 6.42 Å². The van der Waals surface area contributed by atoms with E-state index in [2.05, 4.69) is 42.0 Å². The Morgan fingerprint density at radius 1 is 1.05 bits per heavy atom. The summed E-state index contributed by atoms with van der Waals surface area (Å²) in [6, 6.07) is 6.46. The molecule has 0 unspecified atom stereocenters. The molecule has 0 spiro atoms. The summed E-state index contributed by atoms with van der Waals surface area (Å²) in [4.78, 5) is 10.3. The Labute approximate surface area is 125 Å². The van der Waals surface area contributed by atoms with Crippen LogP contribution in [0.15, 0.2) is 28.3 Å². The van der Waals surface area contributed by atoms with Crippen LogP contribution in [0.25, 0.3) is 0 Å². The molecule has 0 atom stereocenters. The topological polar surface area (TPSA) is 51.8 Å². The van der Waals surface area contributed by atoms with Gasteiger partial charge in [-0.05, 0) is 69.6 Å². The lowest BCUT2D eigenvalue weighted by Crippen LogP contribution is -2.04. The van der Waals surface area contributed by atoms with Crippen molar-refractivity contribution in [2.24, 2.45) is 5.73 Å². The normalized spacial score (nSPS) is 10.8. The molecule has 106 valence electrons. The van der Waals surface area contributed by atoms with Crippen LogP contribution in [0.1, 0.15) is 28.1 Å². The highest BCUT2D eigenvalue weighted by Crippen LogP contribution is 2.29. The largest absolute Gasteiger partial charge is 0.330 e. The van der Waals surface area contributed by atoms with Crippen LogP contribution in [0.3, 0.4) is 0 Å². The van der Waals surface area contributed by atoms with E-state index in [1.165, 1.54) is 21.6 Å². The van der Waals surface area contributed by atoms with Gasteiger partial charge in [-0.2, -0.15) is 0 Å². The average molecular weight is 287 g/mol. The maximum absolute atomic E-state index is 5.70. The molecule has 1 aromatic heterocycles. The van der Waals surface area contributed by atoms with E-state index in [1.807, 2.05) is 13.8 Å². The van der Waals surface area contributed by atoms with Crippen molar-refractivity contribution in [2.75, 3.05) is 6.54 Å². The van der Waals surface area contributed by atoms with Gasteiger partial charge >= 0.3 is 0 Å². The van der Waals surface area contributed by atoms with Crippen LogP contribution in [-0.4, -0.2) is 16.5 Å². The quantitative estimate of drug-likeness (QED) is 0.876. The van der Waals surface area contributed by atoms with Gasteiger partial charge in [0.1, 0.15) is 0 Å². The minimum Gasteiger partial charge on any atom is -0.330 e. The van der Waals surface area contributed by atoms with Gasteiger partial charge in [0.2, 0.25) is 0 Å². The summed E-state index contributed by atoms with van der Waals surface area (Å²) in [6.45, 7) is 8.88. The molecule has 1 aromatic carbocycles. The van der Waals surface area contributed by atoms with Crippen LogP contribution in [0.5, 0.6) is 0 Å². The highest BCUT2D eigenvalue weighted by Gasteiger charge is 2.09. The lowest BCUT2D eigenvalue weighted by molar-refractivity contribution is 0.877. The van der Waals surface area contributed by atoms with Crippen molar-refractivity contribution >= 4 is 11.8 Å². The number of hydrogen-bond donors (Lipinski definition) is 1. The lowest BCUT2D eigenvalue weighted by atomic mass is 10.1. The molecule has 2 aromatic rings. The number of rotatable bonds is 4. The van der Waals surface area contributed by atoms with Crippen molar-refractivity contribution in [1.29, 1.82) is 0 Å². The Bertz CT molecular complexity index is 600. The third kappa shape index (κ3) is 3.38. The zero-order chi connectivity index (χ0) is 14.7. The molecule has 0 aliphatic carbocycles. The summed E-state index contributed by atoms with van der Waals surface area (Å²) in [5.74, 6) is 0. The molecule has 0 aliphatic rings. The Morgan fingerprint density at radius 3 is 2.30 bits per heavy atom. The van der Waals surface area contributed by atoms with Gasteiger partial charge in [0.25, 0.3) is 0 Å². The molecule has 0 saturated carbocycles. The lowest BCUT2D eigenvalue weighted by Gasteiger charge is -2.10. The number of hydrogen-bond acceptors (Lipinski definition) is 4. The van der Waals surface area contributed by atoms with Crippen molar-refractivity contribution in [1.82, 2.24) is 9.97 Å². The molecule has 4 heteroatoms. The monoisotopic (exact) mass is 287 g/mol. The second-order valence-corrected chi connectivity index (χ2v) is 6.06. The number of benzene rings is 1. The van der Waals surface area contributed by atoms with Gasteiger partial charge in [-0.25, -0.2) is 9.97 Å². The van der Waals surface area contributed by atoms with Crippen LogP contribution in [0.4, 0.5) is 0 Å². The highest BCUT2D eigenvalue weighted by atomic mass is 32.2. The summed E-state index contributed by atoms with van der Waals surface area (Å²) in [6.07, 6.45) is 0.883. The average Bonchev–Trinajstić information content (AvgIpc) is 2.39. The molecule has 0 saturated heterocycles. The Kier molecular flexibility index (Phi) is 4.78. The summed E-state index contributed by atoms with van der Waals surface area (Å²) < 4.78 is 0. The van der Waals surface area contributed by atoms with Crippen LogP contribution in [0.2, 0.25) is 0 Å². The predicted octanol–water partition coefficient (Wildman–Crippen LogP) is 3.36. The van der Waals surface area contributed by atoms with Gasteiger partial charge in [-0.3, -0.25) is 0 Å². The summed E-state index contributed by atoms with van der Waals surface area (Å²) in [7, 11) is 0. The van der Waals surface area contributed by atoms with Crippen LogP contribution in [0, 0.1) is 27.7 Å². The van der Waals surface area contributed by atoms with E-state index in [4.69, 9.17) is 5.73 Å². The SMILES string of the molecule is Cc1ccc(Sc2nc(C)c(C)c(C)n2)c(CCN)c1.